The fraction of sp³-hybridized carbons (Fsp3) is 0.533. The Labute approximate surface area is 122 Å². The average Bonchev–Trinajstić information content (AvgIpc) is 2.38. The van der Waals surface area contributed by atoms with Crippen LogP contribution in [0.1, 0.15) is 44.1 Å². The molecule has 104 valence electrons. The molecule has 0 unspecified atom stereocenters. The van der Waals surface area contributed by atoms with Crippen LogP contribution in [0.25, 0.3) is 0 Å². The lowest BCUT2D eigenvalue weighted by Crippen LogP contribution is -2.43. The maximum atomic E-state index is 11.8. The molecule has 0 amide bonds. The van der Waals surface area contributed by atoms with Gasteiger partial charge < -0.3 is 10.5 Å². The molecule has 2 N–H and O–H groups in total. The zero-order valence-electron chi connectivity index (χ0n) is 11.0. The van der Waals surface area contributed by atoms with E-state index >= 15 is 0 Å². The van der Waals surface area contributed by atoms with Gasteiger partial charge in [0.05, 0.1) is 6.42 Å². The van der Waals surface area contributed by atoms with Crippen LogP contribution in [0.2, 0.25) is 0 Å². The van der Waals surface area contributed by atoms with Crippen molar-refractivity contribution >= 4 is 21.9 Å². The van der Waals surface area contributed by atoms with E-state index < -0.39 is 0 Å². The minimum absolute atomic E-state index is 0.188. The van der Waals surface area contributed by atoms with E-state index in [1.54, 1.807) is 0 Å². The predicted molar refractivity (Wildman–Crippen MR) is 78.6 cm³/mol. The number of esters is 1. The number of hydrogen-bond donors (Lipinski definition) is 1. The first-order valence-electron chi connectivity index (χ1n) is 6.76. The summed E-state index contributed by atoms with van der Waals surface area (Å²) in [5, 5.41) is 0. The molecule has 1 aromatic carbocycles. The third kappa shape index (κ3) is 4.62. The SMILES string of the molecule is NC1(CC(=O)OCc2ccc(Br)cc2)CCCCC1. The van der Waals surface area contributed by atoms with E-state index in [0.717, 1.165) is 35.7 Å². The normalized spacial score (nSPS) is 18.0. The van der Waals surface area contributed by atoms with Gasteiger partial charge >= 0.3 is 5.97 Å². The molecule has 0 aliphatic heterocycles. The minimum atomic E-state index is -0.338. The zero-order chi connectivity index (χ0) is 13.7. The van der Waals surface area contributed by atoms with Crippen LogP contribution < -0.4 is 5.73 Å². The second kappa shape index (κ2) is 6.53. The summed E-state index contributed by atoms with van der Waals surface area (Å²) in [7, 11) is 0. The summed E-state index contributed by atoms with van der Waals surface area (Å²) in [4.78, 5) is 11.8. The van der Waals surface area contributed by atoms with Crippen molar-refractivity contribution in [1.82, 2.24) is 0 Å². The molecule has 0 heterocycles. The van der Waals surface area contributed by atoms with Crippen LogP contribution >= 0.6 is 15.9 Å². The Balaban J connectivity index is 1.79. The first-order valence-corrected chi connectivity index (χ1v) is 7.56. The van der Waals surface area contributed by atoms with Gasteiger partial charge in [0.2, 0.25) is 0 Å². The molecule has 19 heavy (non-hydrogen) atoms. The molecule has 4 heteroatoms. The molecular formula is C15H20BrNO2. The Bertz CT molecular complexity index is 424. The molecule has 2 rings (SSSR count). The van der Waals surface area contributed by atoms with Crippen molar-refractivity contribution < 1.29 is 9.53 Å². The predicted octanol–water partition coefficient (Wildman–Crippen LogP) is 3.54. The number of carbonyl (C=O) groups excluding carboxylic acids is 1. The molecule has 1 saturated carbocycles. The molecular weight excluding hydrogens is 306 g/mol. The van der Waals surface area contributed by atoms with Gasteiger partial charge in [-0.3, -0.25) is 4.79 Å². The lowest BCUT2D eigenvalue weighted by atomic mass is 9.80. The largest absolute Gasteiger partial charge is 0.461 e. The van der Waals surface area contributed by atoms with Gasteiger partial charge in [0.25, 0.3) is 0 Å². The number of nitrogens with two attached hydrogens (primary N) is 1. The number of halogens is 1. The Morgan fingerprint density at radius 2 is 1.84 bits per heavy atom. The van der Waals surface area contributed by atoms with Crippen molar-refractivity contribution in [3.8, 4) is 0 Å². The van der Waals surface area contributed by atoms with Crippen LogP contribution in [0.4, 0.5) is 0 Å². The highest BCUT2D eigenvalue weighted by Crippen LogP contribution is 2.29. The number of hydrogen-bond acceptors (Lipinski definition) is 3. The van der Waals surface area contributed by atoms with E-state index in [-0.39, 0.29) is 11.5 Å². The Morgan fingerprint density at radius 3 is 2.47 bits per heavy atom. The molecule has 0 spiro atoms. The second-order valence-corrected chi connectivity index (χ2v) is 6.30. The standard InChI is InChI=1S/C15H20BrNO2/c16-13-6-4-12(5-7-13)11-19-14(18)10-15(17)8-2-1-3-9-15/h4-7H,1-3,8-11,17H2. The molecule has 0 saturated heterocycles. The van der Waals surface area contributed by atoms with Crippen molar-refractivity contribution in [2.75, 3.05) is 0 Å². The van der Waals surface area contributed by atoms with Gasteiger partial charge in [-0.1, -0.05) is 47.3 Å². The van der Waals surface area contributed by atoms with Crippen molar-refractivity contribution in [3.63, 3.8) is 0 Å². The summed E-state index contributed by atoms with van der Waals surface area (Å²) in [6, 6.07) is 7.76. The van der Waals surface area contributed by atoms with Crippen molar-refractivity contribution in [2.45, 2.75) is 50.7 Å². The smallest absolute Gasteiger partial charge is 0.307 e. The third-order valence-corrected chi connectivity index (χ3v) is 4.19. The molecule has 1 aliphatic carbocycles. The fourth-order valence-electron chi connectivity index (χ4n) is 2.52. The van der Waals surface area contributed by atoms with Crippen LogP contribution in [-0.4, -0.2) is 11.5 Å². The number of benzene rings is 1. The topological polar surface area (TPSA) is 52.3 Å². The zero-order valence-corrected chi connectivity index (χ0v) is 12.6. The number of rotatable bonds is 4. The Hall–Kier alpha value is -0.870. The van der Waals surface area contributed by atoms with Crippen LogP contribution in [-0.2, 0) is 16.1 Å². The fourth-order valence-corrected chi connectivity index (χ4v) is 2.78. The van der Waals surface area contributed by atoms with Gasteiger partial charge in [0, 0.05) is 10.0 Å². The molecule has 1 fully saturated rings. The summed E-state index contributed by atoms with van der Waals surface area (Å²) in [6.45, 7) is 0.322. The summed E-state index contributed by atoms with van der Waals surface area (Å²) < 4.78 is 6.32. The highest BCUT2D eigenvalue weighted by molar-refractivity contribution is 9.10. The average molecular weight is 326 g/mol. The molecule has 3 nitrogen and oxygen atoms in total. The number of ether oxygens (including phenoxy) is 1. The quantitative estimate of drug-likeness (QED) is 0.861. The molecule has 0 radical (unpaired) electrons. The molecule has 1 aliphatic rings. The van der Waals surface area contributed by atoms with Gasteiger partial charge in [-0.2, -0.15) is 0 Å². The summed E-state index contributed by atoms with van der Waals surface area (Å²) in [5.74, 6) is -0.188. The monoisotopic (exact) mass is 325 g/mol. The van der Waals surface area contributed by atoms with Gasteiger partial charge in [0.1, 0.15) is 6.61 Å². The van der Waals surface area contributed by atoms with Crippen LogP contribution in [0.3, 0.4) is 0 Å². The first-order chi connectivity index (χ1) is 9.07. The minimum Gasteiger partial charge on any atom is -0.461 e. The Kier molecular flexibility index (Phi) is 4.99. The molecule has 0 aromatic heterocycles. The lowest BCUT2D eigenvalue weighted by Gasteiger charge is -2.32. The van der Waals surface area contributed by atoms with Gasteiger partial charge in [0.15, 0.2) is 0 Å². The summed E-state index contributed by atoms with van der Waals surface area (Å²) >= 11 is 3.37. The van der Waals surface area contributed by atoms with E-state index in [0.29, 0.717) is 13.0 Å². The highest BCUT2D eigenvalue weighted by Gasteiger charge is 2.30. The lowest BCUT2D eigenvalue weighted by molar-refractivity contribution is -0.146. The summed E-state index contributed by atoms with van der Waals surface area (Å²) in [6.07, 6.45) is 5.67. The van der Waals surface area contributed by atoms with E-state index in [1.165, 1.54) is 6.42 Å². The van der Waals surface area contributed by atoms with E-state index in [4.69, 9.17) is 10.5 Å². The van der Waals surface area contributed by atoms with E-state index in [9.17, 15) is 4.79 Å². The van der Waals surface area contributed by atoms with Crippen LogP contribution in [0.15, 0.2) is 28.7 Å². The maximum absolute atomic E-state index is 11.8. The Morgan fingerprint density at radius 1 is 1.21 bits per heavy atom. The van der Waals surface area contributed by atoms with E-state index in [2.05, 4.69) is 15.9 Å². The highest BCUT2D eigenvalue weighted by atomic mass is 79.9. The van der Waals surface area contributed by atoms with Crippen molar-refractivity contribution in [2.24, 2.45) is 5.73 Å². The van der Waals surface area contributed by atoms with Crippen molar-refractivity contribution in [1.29, 1.82) is 0 Å². The summed E-state index contributed by atoms with van der Waals surface area (Å²) in [5.41, 5.74) is 6.90. The number of carbonyl (C=O) groups is 1. The van der Waals surface area contributed by atoms with Crippen LogP contribution in [0.5, 0.6) is 0 Å². The third-order valence-electron chi connectivity index (χ3n) is 3.66. The first kappa shape index (κ1) is 14.5. The molecule has 1 aromatic rings. The van der Waals surface area contributed by atoms with E-state index in [1.807, 2.05) is 24.3 Å². The van der Waals surface area contributed by atoms with Gasteiger partial charge in [-0.15, -0.1) is 0 Å². The molecule has 0 bridgehead atoms. The van der Waals surface area contributed by atoms with Crippen LogP contribution in [0, 0.1) is 0 Å². The van der Waals surface area contributed by atoms with Gasteiger partial charge in [-0.05, 0) is 30.5 Å². The van der Waals surface area contributed by atoms with Crippen molar-refractivity contribution in [3.05, 3.63) is 34.3 Å². The second-order valence-electron chi connectivity index (χ2n) is 5.39. The molecule has 0 atom stereocenters. The maximum Gasteiger partial charge on any atom is 0.307 e. The van der Waals surface area contributed by atoms with Gasteiger partial charge in [-0.25, -0.2) is 0 Å².